The fraction of sp³-hybridized carbons (Fsp3) is 0.357. The Balaban J connectivity index is 2.06. The molecule has 2 aromatic rings. The molecule has 1 atom stereocenters. The van der Waals surface area contributed by atoms with E-state index in [-0.39, 0.29) is 12.5 Å². The maximum atomic E-state index is 12.2. The van der Waals surface area contributed by atoms with Crippen LogP contribution in [0.1, 0.15) is 16.1 Å². The highest BCUT2D eigenvalue weighted by molar-refractivity contribution is 9.10. The first-order valence-corrected chi connectivity index (χ1v) is 8.07. The highest BCUT2D eigenvalue weighted by atomic mass is 79.9. The van der Waals surface area contributed by atoms with Gasteiger partial charge in [-0.05, 0) is 18.6 Å². The highest BCUT2D eigenvalue weighted by Gasteiger charge is 2.17. The van der Waals surface area contributed by atoms with E-state index >= 15 is 0 Å². The number of hydrogen-bond donors (Lipinski definition) is 3. The van der Waals surface area contributed by atoms with Gasteiger partial charge in [0.15, 0.2) is 0 Å². The number of amides is 1. The lowest BCUT2D eigenvalue weighted by atomic mass is 10.2. The number of rotatable bonds is 6. The molecule has 5 nitrogen and oxygen atoms in total. The molecule has 1 unspecified atom stereocenters. The minimum absolute atomic E-state index is 0.217. The van der Waals surface area contributed by atoms with E-state index in [1.165, 1.54) is 18.4 Å². The second kappa shape index (κ2) is 7.22. The largest absolute Gasteiger partial charge is 0.397 e. The van der Waals surface area contributed by atoms with Crippen molar-refractivity contribution in [1.29, 1.82) is 0 Å². The minimum atomic E-state index is -0.579. The molecule has 114 valence electrons. The summed E-state index contributed by atoms with van der Waals surface area (Å²) in [5, 5.41) is 13.2. The molecule has 0 aliphatic rings. The summed E-state index contributed by atoms with van der Waals surface area (Å²) in [7, 11) is 1.53. The van der Waals surface area contributed by atoms with Gasteiger partial charge < -0.3 is 20.9 Å². The van der Waals surface area contributed by atoms with E-state index in [2.05, 4.69) is 21.2 Å². The van der Waals surface area contributed by atoms with Crippen LogP contribution in [0.15, 0.2) is 22.7 Å². The number of benzene rings is 1. The highest BCUT2D eigenvalue weighted by Crippen LogP contribution is 2.37. The number of fused-ring (bicyclic) bond motifs is 1. The van der Waals surface area contributed by atoms with Crippen molar-refractivity contribution in [3.63, 3.8) is 0 Å². The number of nitrogens with two attached hydrogens (primary N) is 1. The molecular formula is C14H17BrN2O3S. The molecule has 1 amide bonds. The zero-order chi connectivity index (χ0) is 15.4. The molecule has 4 N–H and O–H groups in total. The number of nitrogen functional groups attached to an aromatic ring is 1. The Bertz CT molecular complexity index is 644. The van der Waals surface area contributed by atoms with Crippen molar-refractivity contribution in [2.24, 2.45) is 0 Å². The first-order valence-electron chi connectivity index (χ1n) is 6.46. The molecule has 0 radical (unpaired) electrons. The summed E-state index contributed by atoms with van der Waals surface area (Å²) in [5.74, 6) is -0.217. The van der Waals surface area contributed by atoms with Gasteiger partial charge in [0.2, 0.25) is 0 Å². The molecule has 0 aliphatic carbocycles. The smallest absolute Gasteiger partial charge is 0.263 e. The summed E-state index contributed by atoms with van der Waals surface area (Å²) in [6.45, 7) is 0.631. The van der Waals surface area contributed by atoms with Crippen LogP contribution >= 0.6 is 27.3 Å². The standard InChI is InChI=1S/C14H17BrN2O3S/c1-20-7-8(18)5-6-17-14(19)13-12(16)11-9(15)3-2-4-10(11)21-13/h2-4,8,18H,5-7,16H2,1H3,(H,17,19). The second-order valence-corrected chi connectivity index (χ2v) is 6.52. The maximum Gasteiger partial charge on any atom is 0.263 e. The molecule has 1 aromatic heterocycles. The van der Waals surface area contributed by atoms with Crippen molar-refractivity contribution in [2.45, 2.75) is 12.5 Å². The van der Waals surface area contributed by atoms with Gasteiger partial charge in [-0.2, -0.15) is 0 Å². The summed E-state index contributed by atoms with van der Waals surface area (Å²) >= 11 is 4.81. The number of hydrogen-bond acceptors (Lipinski definition) is 5. The Morgan fingerprint density at radius 1 is 1.57 bits per heavy atom. The minimum Gasteiger partial charge on any atom is -0.397 e. The van der Waals surface area contributed by atoms with Crippen LogP contribution in [0.2, 0.25) is 0 Å². The number of halogens is 1. The van der Waals surface area contributed by atoms with Gasteiger partial charge in [0.05, 0.1) is 18.4 Å². The predicted molar refractivity (Wildman–Crippen MR) is 88.8 cm³/mol. The number of carbonyl (C=O) groups is 1. The summed E-state index contributed by atoms with van der Waals surface area (Å²) < 4.78 is 6.67. The number of anilines is 1. The number of methoxy groups -OCH3 is 1. The zero-order valence-corrected chi connectivity index (χ0v) is 14.0. The molecular weight excluding hydrogens is 356 g/mol. The van der Waals surface area contributed by atoms with Crippen LogP contribution in [0.3, 0.4) is 0 Å². The first kappa shape index (κ1) is 16.2. The van der Waals surface area contributed by atoms with Crippen molar-refractivity contribution in [3.8, 4) is 0 Å². The van der Waals surface area contributed by atoms with Gasteiger partial charge in [0, 0.05) is 28.2 Å². The average Bonchev–Trinajstić information content (AvgIpc) is 2.78. The molecule has 1 heterocycles. The van der Waals surface area contributed by atoms with Crippen LogP contribution < -0.4 is 11.1 Å². The lowest BCUT2D eigenvalue weighted by molar-refractivity contribution is 0.0588. The van der Waals surface area contributed by atoms with Crippen molar-refractivity contribution in [2.75, 3.05) is 26.0 Å². The van der Waals surface area contributed by atoms with E-state index < -0.39 is 6.10 Å². The van der Waals surface area contributed by atoms with E-state index in [0.717, 1.165) is 14.6 Å². The number of aliphatic hydroxyl groups excluding tert-OH is 1. The number of ether oxygens (including phenoxy) is 1. The maximum absolute atomic E-state index is 12.2. The predicted octanol–water partition coefficient (Wildman–Crippen LogP) is 2.37. The fourth-order valence-electron chi connectivity index (χ4n) is 2.01. The third kappa shape index (κ3) is 3.74. The number of nitrogens with one attached hydrogen (secondary N) is 1. The van der Waals surface area contributed by atoms with E-state index in [1.54, 1.807) is 0 Å². The number of thiophene rings is 1. The summed E-state index contributed by atoms with van der Waals surface area (Å²) in [4.78, 5) is 12.7. The van der Waals surface area contributed by atoms with Crippen molar-refractivity contribution < 1.29 is 14.6 Å². The Kier molecular flexibility index (Phi) is 5.58. The van der Waals surface area contributed by atoms with Gasteiger partial charge >= 0.3 is 0 Å². The molecule has 1 aromatic carbocycles. The van der Waals surface area contributed by atoms with Crippen LogP contribution in [0.25, 0.3) is 10.1 Å². The normalized spacial score (nSPS) is 12.5. The molecule has 0 aliphatic heterocycles. The first-order chi connectivity index (χ1) is 10.0. The van der Waals surface area contributed by atoms with E-state index in [4.69, 9.17) is 10.5 Å². The molecule has 0 saturated heterocycles. The van der Waals surface area contributed by atoms with Gasteiger partial charge in [0.25, 0.3) is 5.91 Å². The van der Waals surface area contributed by atoms with Crippen molar-refractivity contribution >= 4 is 48.9 Å². The average molecular weight is 373 g/mol. The lowest BCUT2D eigenvalue weighted by Crippen LogP contribution is -2.28. The van der Waals surface area contributed by atoms with E-state index in [9.17, 15) is 9.90 Å². The lowest BCUT2D eigenvalue weighted by Gasteiger charge is -2.09. The quantitative estimate of drug-likeness (QED) is 0.726. The molecule has 0 fully saturated rings. The third-order valence-corrected chi connectivity index (χ3v) is 4.86. The van der Waals surface area contributed by atoms with Crippen LogP contribution in [-0.4, -0.2) is 37.4 Å². The monoisotopic (exact) mass is 372 g/mol. The zero-order valence-electron chi connectivity index (χ0n) is 11.6. The topological polar surface area (TPSA) is 84.6 Å². The van der Waals surface area contributed by atoms with Crippen LogP contribution in [0.5, 0.6) is 0 Å². The second-order valence-electron chi connectivity index (χ2n) is 4.61. The van der Waals surface area contributed by atoms with Crippen molar-refractivity contribution in [1.82, 2.24) is 5.32 Å². The molecule has 2 rings (SSSR count). The third-order valence-electron chi connectivity index (χ3n) is 3.03. The molecule has 0 bridgehead atoms. The molecule has 21 heavy (non-hydrogen) atoms. The van der Waals surface area contributed by atoms with E-state index in [0.29, 0.717) is 23.5 Å². The Morgan fingerprint density at radius 3 is 3.00 bits per heavy atom. The van der Waals surface area contributed by atoms with Gasteiger partial charge in [-0.25, -0.2) is 0 Å². The molecule has 0 spiro atoms. The molecule has 7 heteroatoms. The summed E-state index contributed by atoms with van der Waals surface area (Å²) in [6, 6.07) is 5.74. The van der Waals surface area contributed by atoms with Crippen LogP contribution in [0, 0.1) is 0 Å². The SMILES string of the molecule is COCC(O)CCNC(=O)c1sc2cccc(Br)c2c1N. The Hall–Kier alpha value is -1.15. The van der Waals surface area contributed by atoms with Crippen molar-refractivity contribution in [3.05, 3.63) is 27.5 Å². The van der Waals surface area contributed by atoms with Gasteiger partial charge in [0.1, 0.15) is 4.88 Å². The fourth-order valence-corrected chi connectivity index (χ4v) is 3.78. The number of aliphatic hydroxyl groups is 1. The van der Waals surface area contributed by atoms with E-state index in [1.807, 2.05) is 18.2 Å². The molecule has 0 saturated carbocycles. The Labute approximate surface area is 135 Å². The number of carbonyl (C=O) groups excluding carboxylic acids is 1. The summed E-state index contributed by atoms with van der Waals surface area (Å²) in [6.07, 6.45) is -0.141. The summed E-state index contributed by atoms with van der Waals surface area (Å²) in [5.41, 5.74) is 6.55. The Morgan fingerprint density at radius 2 is 2.33 bits per heavy atom. The van der Waals surface area contributed by atoms with Gasteiger partial charge in [-0.3, -0.25) is 4.79 Å². The van der Waals surface area contributed by atoms with Crippen LogP contribution in [-0.2, 0) is 4.74 Å². The van der Waals surface area contributed by atoms with Gasteiger partial charge in [-0.1, -0.05) is 22.0 Å². The van der Waals surface area contributed by atoms with Gasteiger partial charge in [-0.15, -0.1) is 11.3 Å². The van der Waals surface area contributed by atoms with Crippen LogP contribution in [0.4, 0.5) is 5.69 Å².